The quantitative estimate of drug-likeness (QED) is 0.344. The van der Waals surface area contributed by atoms with Crippen molar-refractivity contribution in [3.8, 4) is 23.1 Å². The first-order valence-corrected chi connectivity index (χ1v) is 9.97. The number of ether oxygens (including phenoxy) is 1. The molecule has 0 radical (unpaired) electrons. The van der Waals surface area contributed by atoms with Gasteiger partial charge in [0.1, 0.15) is 17.7 Å². The lowest BCUT2D eigenvalue weighted by Gasteiger charge is -2.30. The highest BCUT2D eigenvalue weighted by atomic mass is 19.1. The number of halogens is 1. The van der Waals surface area contributed by atoms with Gasteiger partial charge >= 0.3 is 0 Å². The molecule has 32 heavy (non-hydrogen) atoms. The second-order valence-electron chi connectivity index (χ2n) is 7.49. The number of hydrogen-bond acceptors (Lipinski definition) is 7. The average molecular weight is 432 g/mol. The van der Waals surface area contributed by atoms with Gasteiger partial charge in [-0.1, -0.05) is 0 Å². The van der Waals surface area contributed by atoms with Gasteiger partial charge in [0.25, 0.3) is 5.91 Å². The Morgan fingerprint density at radius 3 is 2.59 bits per heavy atom. The van der Waals surface area contributed by atoms with Gasteiger partial charge in [0.05, 0.1) is 28.9 Å². The molecule has 1 heterocycles. The minimum atomic E-state index is -0.657. The van der Waals surface area contributed by atoms with Crippen LogP contribution in [0.25, 0.3) is 11.3 Å². The molecular weight excluding hydrogens is 411 g/mol. The monoisotopic (exact) mass is 432 g/mol. The third kappa shape index (κ3) is 4.45. The molecule has 9 heteroatoms. The zero-order valence-electron chi connectivity index (χ0n) is 17.0. The molecule has 8 nitrogen and oxygen atoms in total. The number of carbonyl (C=O) groups excluding carboxylic acids is 1. The molecule has 6 N–H and O–H groups in total. The Kier molecular flexibility index (Phi) is 5.87. The fourth-order valence-electron chi connectivity index (χ4n) is 3.38. The molecule has 162 valence electrons. The van der Waals surface area contributed by atoms with Gasteiger partial charge in [0.2, 0.25) is 0 Å². The predicted octanol–water partition coefficient (Wildman–Crippen LogP) is 3.69. The van der Waals surface area contributed by atoms with Crippen molar-refractivity contribution >= 4 is 23.1 Å². The number of nitrogen functional groups attached to an aromatic ring is 2. The summed E-state index contributed by atoms with van der Waals surface area (Å²) in [6, 6.07) is 16.4. The number of hydrogen-bond donors (Lipinski definition) is 4. The number of aromatic nitrogens is 1. The molecule has 0 aliphatic heterocycles. The van der Waals surface area contributed by atoms with Crippen LogP contribution in [0.3, 0.4) is 0 Å². The highest BCUT2D eigenvalue weighted by Crippen LogP contribution is 2.31. The van der Waals surface area contributed by atoms with Gasteiger partial charge in [-0.15, -0.1) is 0 Å². The lowest BCUT2D eigenvalue weighted by Crippen LogP contribution is -2.32. The number of pyridine rings is 1. The molecular formula is C23H21FN6O2. The maximum absolute atomic E-state index is 14.4. The third-order valence-corrected chi connectivity index (χ3v) is 5.26. The Hall–Kier alpha value is -4.16. The van der Waals surface area contributed by atoms with E-state index in [9.17, 15) is 9.18 Å². The second kappa shape index (κ2) is 8.91. The van der Waals surface area contributed by atoms with E-state index in [1.807, 2.05) is 0 Å². The smallest absolute Gasteiger partial charge is 0.258 e. The molecule has 0 spiro atoms. The number of rotatable bonds is 6. The van der Waals surface area contributed by atoms with Crippen molar-refractivity contribution in [2.75, 3.05) is 16.5 Å². The van der Waals surface area contributed by atoms with Crippen LogP contribution in [0.2, 0.25) is 0 Å². The molecule has 1 aromatic heterocycles. The van der Waals surface area contributed by atoms with E-state index >= 15 is 0 Å². The number of nitrogens with two attached hydrogens (primary N) is 2. The Labute approximate surface area is 184 Å². The minimum absolute atomic E-state index is 0.0360. The van der Waals surface area contributed by atoms with Crippen LogP contribution < -0.4 is 27.1 Å². The molecule has 0 saturated heterocycles. The Morgan fingerprint density at radius 2 is 1.91 bits per heavy atom. The summed E-state index contributed by atoms with van der Waals surface area (Å²) in [7, 11) is 0. The summed E-state index contributed by atoms with van der Waals surface area (Å²) in [6.07, 6.45) is 1.47. The third-order valence-electron chi connectivity index (χ3n) is 5.26. The van der Waals surface area contributed by atoms with Crippen LogP contribution in [0, 0.1) is 23.1 Å². The van der Waals surface area contributed by atoms with Crippen LogP contribution in [0.15, 0.2) is 54.6 Å². The number of nitrogens with one attached hydrogen (secondary N) is 2. The van der Waals surface area contributed by atoms with Crippen molar-refractivity contribution < 1.29 is 13.9 Å². The van der Waals surface area contributed by atoms with E-state index in [0.717, 1.165) is 12.8 Å². The lowest BCUT2D eigenvalue weighted by atomic mass is 9.83. The number of anilines is 3. The molecule has 0 atom stereocenters. The Balaban J connectivity index is 1.46. The fraction of sp³-hybridized carbons (Fsp3) is 0.174. The van der Waals surface area contributed by atoms with Crippen molar-refractivity contribution in [2.45, 2.75) is 18.9 Å². The van der Waals surface area contributed by atoms with Crippen LogP contribution in [0.1, 0.15) is 23.2 Å². The number of amides is 1. The minimum Gasteiger partial charge on any atom is -0.490 e. The van der Waals surface area contributed by atoms with Crippen LogP contribution in [0.4, 0.5) is 21.6 Å². The maximum Gasteiger partial charge on any atom is 0.258 e. The van der Waals surface area contributed by atoms with Gasteiger partial charge in [-0.25, -0.2) is 15.2 Å². The van der Waals surface area contributed by atoms with Gasteiger partial charge in [-0.3, -0.25) is 4.79 Å². The van der Waals surface area contributed by atoms with E-state index < -0.39 is 11.7 Å². The van der Waals surface area contributed by atoms with Crippen LogP contribution in [-0.2, 0) is 0 Å². The van der Waals surface area contributed by atoms with Crippen LogP contribution >= 0.6 is 0 Å². The first-order valence-electron chi connectivity index (χ1n) is 9.97. The first-order chi connectivity index (χ1) is 15.5. The summed E-state index contributed by atoms with van der Waals surface area (Å²) in [5.74, 6) is 5.15. The molecule has 0 bridgehead atoms. The number of nitriles is 1. The van der Waals surface area contributed by atoms with E-state index in [4.69, 9.17) is 21.6 Å². The molecule has 1 fully saturated rings. The molecule has 3 aromatic rings. The molecule has 4 rings (SSSR count). The van der Waals surface area contributed by atoms with Crippen molar-refractivity contribution in [2.24, 2.45) is 11.8 Å². The maximum atomic E-state index is 14.4. The molecule has 1 saturated carbocycles. The van der Waals surface area contributed by atoms with E-state index in [1.54, 1.807) is 36.4 Å². The summed E-state index contributed by atoms with van der Waals surface area (Å²) >= 11 is 0. The van der Waals surface area contributed by atoms with Crippen molar-refractivity contribution in [3.63, 3.8) is 0 Å². The number of hydrazine groups is 1. The van der Waals surface area contributed by atoms with E-state index in [2.05, 4.69) is 21.8 Å². The summed E-state index contributed by atoms with van der Waals surface area (Å²) in [4.78, 5) is 17.0. The topological polar surface area (TPSA) is 139 Å². The number of nitrogens with zero attached hydrogens (tertiary/aromatic N) is 2. The molecule has 1 amide bonds. The highest BCUT2D eigenvalue weighted by molar-refractivity contribution is 6.05. The van der Waals surface area contributed by atoms with Crippen molar-refractivity contribution in [3.05, 3.63) is 66.0 Å². The Morgan fingerprint density at radius 1 is 1.16 bits per heavy atom. The highest BCUT2D eigenvalue weighted by Gasteiger charge is 2.30. The first kappa shape index (κ1) is 21.1. The van der Waals surface area contributed by atoms with Gasteiger partial charge < -0.3 is 21.2 Å². The van der Waals surface area contributed by atoms with Gasteiger partial charge in [0.15, 0.2) is 5.82 Å². The summed E-state index contributed by atoms with van der Waals surface area (Å²) in [5.41, 5.74) is 9.93. The van der Waals surface area contributed by atoms with E-state index in [0.29, 0.717) is 28.4 Å². The molecule has 2 aromatic carbocycles. The summed E-state index contributed by atoms with van der Waals surface area (Å²) < 4.78 is 20.2. The standard InChI is InChI=1S/C23H21FN6O2/c24-19-6-1-14(21-8-7-20(26)22(29-21)30-27)11-18(19)23(31)28-15-2-4-16(5-3-15)32-17-9-13(10-17)12-25/h1-8,11,13,17H,9-10,26-27H2,(H,28,31)(H,29,30). The van der Waals surface area contributed by atoms with Crippen molar-refractivity contribution in [1.29, 1.82) is 5.26 Å². The molecule has 1 aliphatic rings. The van der Waals surface area contributed by atoms with Crippen LogP contribution in [-0.4, -0.2) is 17.0 Å². The van der Waals surface area contributed by atoms with Crippen molar-refractivity contribution in [1.82, 2.24) is 4.98 Å². The summed E-state index contributed by atoms with van der Waals surface area (Å²) in [6.45, 7) is 0. The Bertz CT molecular complexity index is 1190. The number of carbonyl (C=O) groups is 1. The average Bonchev–Trinajstić information content (AvgIpc) is 2.77. The zero-order valence-corrected chi connectivity index (χ0v) is 17.0. The largest absolute Gasteiger partial charge is 0.490 e. The van der Waals surface area contributed by atoms with E-state index in [-0.39, 0.29) is 23.4 Å². The summed E-state index contributed by atoms with van der Waals surface area (Å²) in [5, 5.41) is 11.5. The molecule has 1 aliphatic carbocycles. The molecule has 0 unspecified atom stereocenters. The van der Waals surface area contributed by atoms with Gasteiger partial charge in [0, 0.05) is 24.1 Å². The SMILES string of the molecule is N#CC1CC(Oc2ccc(NC(=O)c3cc(-c4ccc(N)c(NN)n4)ccc3F)cc2)C1. The van der Waals surface area contributed by atoms with E-state index in [1.165, 1.54) is 18.2 Å². The van der Waals surface area contributed by atoms with Crippen LogP contribution in [0.5, 0.6) is 5.75 Å². The fourth-order valence-corrected chi connectivity index (χ4v) is 3.38. The lowest BCUT2D eigenvalue weighted by molar-refractivity contribution is 0.0893. The van der Waals surface area contributed by atoms with Gasteiger partial charge in [-0.05, 0) is 54.6 Å². The van der Waals surface area contributed by atoms with Gasteiger partial charge in [-0.2, -0.15) is 5.26 Å². The normalized spacial score (nSPS) is 17.0. The predicted molar refractivity (Wildman–Crippen MR) is 119 cm³/mol. The second-order valence-corrected chi connectivity index (χ2v) is 7.49. The number of benzene rings is 2. The zero-order chi connectivity index (χ0) is 22.7.